The van der Waals surface area contributed by atoms with E-state index in [0.29, 0.717) is 26.3 Å². The van der Waals surface area contributed by atoms with Crippen molar-refractivity contribution >= 4 is 40.2 Å². The summed E-state index contributed by atoms with van der Waals surface area (Å²) in [5, 5.41) is 25.3. The molecule has 2 fully saturated rings. The van der Waals surface area contributed by atoms with E-state index in [1.807, 2.05) is 17.5 Å². The van der Waals surface area contributed by atoms with Gasteiger partial charge in [-0.05, 0) is 42.8 Å². The second kappa shape index (κ2) is 7.84. The summed E-state index contributed by atoms with van der Waals surface area (Å²) in [6.45, 7) is 0.136. The van der Waals surface area contributed by atoms with Gasteiger partial charge in [0.1, 0.15) is 10.8 Å². The summed E-state index contributed by atoms with van der Waals surface area (Å²) in [6, 6.07) is 7.12. The molecule has 0 radical (unpaired) electrons. The molecule has 1 saturated heterocycles. The minimum absolute atomic E-state index is 0.0732. The van der Waals surface area contributed by atoms with Gasteiger partial charge in [-0.25, -0.2) is 4.98 Å². The number of amides is 1. The average molecular weight is 402 g/mol. The number of phenols is 1. The maximum atomic E-state index is 12.2. The quantitative estimate of drug-likeness (QED) is 0.684. The summed E-state index contributed by atoms with van der Waals surface area (Å²) in [5.74, 6) is 0.181. The fourth-order valence-corrected chi connectivity index (χ4v) is 4.98. The highest BCUT2D eigenvalue weighted by Crippen LogP contribution is 2.34. The van der Waals surface area contributed by atoms with Crippen molar-refractivity contribution in [3.63, 3.8) is 0 Å². The Morgan fingerprint density at radius 3 is 3.00 bits per heavy atom. The first-order valence-corrected chi connectivity index (χ1v) is 10.5. The van der Waals surface area contributed by atoms with Crippen LogP contribution in [0.5, 0.6) is 5.75 Å². The van der Waals surface area contributed by atoms with Crippen LogP contribution in [0.25, 0.3) is 16.6 Å². The van der Waals surface area contributed by atoms with Gasteiger partial charge in [-0.2, -0.15) is 0 Å². The topological polar surface area (TPSA) is 94.8 Å². The van der Waals surface area contributed by atoms with Crippen LogP contribution in [0.4, 0.5) is 0 Å². The molecule has 2 aliphatic rings. The van der Waals surface area contributed by atoms with E-state index in [9.17, 15) is 15.0 Å². The number of thiazole rings is 1. The van der Waals surface area contributed by atoms with Gasteiger partial charge in [0.25, 0.3) is 5.91 Å². The Hall–Kier alpha value is -2.16. The number of aromatic hydroxyl groups is 1. The molecule has 6 nitrogen and oxygen atoms in total. The Morgan fingerprint density at radius 2 is 2.19 bits per heavy atom. The van der Waals surface area contributed by atoms with Crippen LogP contribution >= 0.6 is 23.1 Å². The number of phenolic OH excluding ortho intramolecular Hbond substituents is 1. The minimum Gasteiger partial charge on any atom is -0.507 e. The Balaban J connectivity index is 1.52. The minimum atomic E-state index is -0.186. The summed E-state index contributed by atoms with van der Waals surface area (Å²) >= 11 is 2.72. The number of hydrogen-bond acceptors (Lipinski definition) is 7. The van der Waals surface area contributed by atoms with Crippen molar-refractivity contribution in [2.75, 3.05) is 6.61 Å². The lowest BCUT2D eigenvalue weighted by molar-refractivity contribution is -0.115. The van der Waals surface area contributed by atoms with Crippen LogP contribution in [0.2, 0.25) is 0 Å². The molecule has 2 heterocycles. The standard InChI is InChI=1S/C19H19N3O3S2/c23-9-11-4-3-6-14(11)21-19-22-17(25)16(27-19)8-12-10-26-18(20-12)13-5-1-2-7-15(13)24/h1-2,5,7-8,10-11,14,23-24H,3-4,6,9H2,(H,21,22,25)/b16-8+/t11-,14+/m0/s1. The predicted molar refractivity (Wildman–Crippen MR) is 109 cm³/mol. The molecule has 8 heteroatoms. The molecule has 1 amide bonds. The average Bonchev–Trinajstić information content (AvgIpc) is 3.37. The number of aliphatic hydroxyl groups is 1. The molecule has 1 aromatic heterocycles. The lowest BCUT2D eigenvalue weighted by Crippen LogP contribution is -2.23. The lowest BCUT2D eigenvalue weighted by Gasteiger charge is -2.12. The van der Waals surface area contributed by atoms with E-state index < -0.39 is 0 Å². The molecule has 4 rings (SSSR count). The third-order valence-electron chi connectivity index (χ3n) is 4.72. The number of aromatic nitrogens is 1. The number of aliphatic imine (C=N–C) groups is 1. The van der Waals surface area contributed by atoms with E-state index in [4.69, 9.17) is 0 Å². The largest absolute Gasteiger partial charge is 0.507 e. The smallest absolute Gasteiger partial charge is 0.264 e. The summed E-state index contributed by atoms with van der Waals surface area (Å²) in [4.78, 5) is 21.9. The van der Waals surface area contributed by atoms with Crippen molar-refractivity contribution in [1.82, 2.24) is 10.3 Å². The van der Waals surface area contributed by atoms with Crippen LogP contribution in [0.15, 0.2) is 39.5 Å². The van der Waals surface area contributed by atoms with Crippen molar-refractivity contribution in [3.05, 3.63) is 40.2 Å². The van der Waals surface area contributed by atoms with Crippen molar-refractivity contribution in [2.45, 2.75) is 25.3 Å². The van der Waals surface area contributed by atoms with Crippen LogP contribution in [0, 0.1) is 5.92 Å². The molecular formula is C19H19N3O3S2. The second-order valence-corrected chi connectivity index (χ2v) is 8.42. The van der Waals surface area contributed by atoms with E-state index in [1.54, 1.807) is 18.2 Å². The fourth-order valence-electron chi connectivity index (χ4n) is 3.30. The van der Waals surface area contributed by atoms with Gasteiger partial charge in [0.2, 0.25) is 0 Å². The highest BCUT2D eigenvalue weighted by molar-refractivity contribution is 8.18. The molecule has 2 aromatic rings. The van der Waals surface area contributed by atoms with Crippen molar-refractivity contribution in [3.8, 4) is 16.3 Å². The normalized spacial score (nSPS) is 25.4. The summed E-state index contributed by atoms with van der Waals surface area (Å²) in [7, 11) is 0. The Labute approximate surface area is 165 Å². The Bertz CT molecular complexity index is 922. The van der Waals surface area contributed by atoms with Crippen molar-refractivity contribution < 1.29 is 15.0 Å². The first-order valence-electron chi connectivity index (χ1n) is 8.77. The molecule has 0 unspecified atom stereocenters. The summed E-state index contributed by atoms with van der Waals surface area (Å²) in [6.07, 6.45) is 4.72. The number of carbonyl (C=O) groups excluding carboxylic acids is 1. The zero-order chi connectivity index (χ0) is 18.8. The molecule has 1 aliphatic carbocycles. The molecule has 2 atom stereocenters. The van der Waals surface area contributed by atoms with Gasteiger partial charge in [-0.3, -0.25) is 9.79 Å². The molecule has 27 heavy (non-hydrogen) atoms. The number of benzene rings is 1. The van der Waals surface area contributed by atoms with Crippen LogP contribution in [-0.2, 0) is 4.79 Å². The lowest BCUT2D eigenvalue weighted by atomic mass is 10.1. The van der Waals surface area contributed by atoms with Crippen LogP contribution in [0.3, 0.4) is 0 Å². The van der Waals surface area contributed by atoms with Crippen molar-refractivity contribution in [2.24, 2.45) is 10.9 Å². The van der Waals surface area contributed by atoms with Gasteiger partial charge < -0.3 is 15.5 Å². The maximum Gasteiger partial charge on any atom is 0.264 e. The molecule has 1 saturated carbocycles. The SMILES string of the molecule is O=C1NC(=N[C@@H]2CCC[C@H]2CO)S/C1=C/c1csc(-c2ccccc2O)n1. The van der Waals surface area contributed by atoms with Crippen molar-refractivity contribution in [1.29, 1.82) is 0 Å². The van der Waals surface area contributed by atoms with Crippen LogP contribution in [0.1, 0.15) is 25.0 Å². The van der Waals surface area contributed by atoms with Gasteiger partial charge in [-0.1, -0.05) is 18.6 Å². The molecule has 1 aliphatic heterocycles. The third-order valence-corrected chi connectivity index (χ3v) is 6.54. The van der Waals surface area contributed by atoms with E-state index in [2.05, 4.69) is 15.3 Å². The number of nitrogens with one attached hydrogen (secondary N) is 1. The maximum absolute atomic E-state index is 12.2. The van der Waals surface area contributed by atoms with Crippen LogP contribution in [-0.4, -0.2) is 38.9 Å². The number of hydrogen-bond donors (Lipinski definition) is 3. The third kappa shape index (κ3) is 3.92. The zero-order valence-corrected chi connectivity index (χ0v) is 16.1. The number of aliphatic hydroxyl groups excluding tert-OH is 1. The zero-order valence-electron chi connectivity index (χ0n) is 14.5. The number of thioether (sulfide) groups is 1. The molecule has 3 N–H and O–H groups in total. The first kappa shape index (κ1) is 18.2. The molecule has 1 aromatic carbocycles. The van der Waals surface area contributed by atoms with Gasteiger partial charge in [0.15, 0.2) is 5.17 Å². The van der Waals surface area contributed by atoms with E-state index >= 15 is 0 Å². The first-order chi connectivity index (χ1) is 13.1. The Kier molecular flexibility index (Phi) is 5.29. The number of nitrogens with zero attached hydrogens (tertiary/aromatic N) is 2. The van der Waals surface area contributed by atoms with E-state index in [-0.39, 0.29) is 30.2 Å². The van der Waals surface area contributed by atoms with Gasteiger partial charge in [-0.15, -0.1) is 11.3 Å². The fraction of sp³-hybridized carbons (Fsp3) is 0.316. The predicted octanol–water partition coefficient (Wildman–Crippen LogP) is 3.24. The number of carbonyl (C=O) groups is 1. The molecular weight excluding hydrogens is 382 g/mol. The second-order valence-electron chi connectivity index (χ2n) is 6.53. The monoisotopic (exact) mass is 401 g/mol. The summed E-state index contributed by atoms with van der Waals surface area (Å²) in [5.41, 5.74) is 1.35. The number of rotatable bonds is 4. The van der Waals surface area contributed by atoms with E-state index in [0.717, 1.165) is 19.3 Å². The molecule has 0 spiro atoms. The Morgan fingerprint density at radius 1 is 1.33 bits per heavy atom. The highest BCUT2D eigenvalue weighted by Gasteiger charge is 2.30. The van der Waals surface area contributed by atoms with Gasteiger partial charge >= 0.3 is 0 Å². The summed E-state index contributed by atoms with van der Waals surface area (Å²) < 4.78 is 0. The van der Waals surface area contributed by atoms with E-state index in [1.165, 1.54) is 23.1 Å². The van der Waals surface area contributed by atoms with Crippen LogP contribution < -0.4 is 5.32 Å². The number of amidine groups is 1. The molecule has 140 valence electrons. The van der Waals surface area contributed by atoms with Gasteiger partial charge in [0.05, 0.1) is 22.2 Å². The van der Waals surface area contributed by atoms with Gasteiger partial charge in [0, 0.05) is 17.9 Å². The number of para-hydroxylation sites is 1. The molecule has 0 bridgehead atoms. The highest BCUT2D eigenvalue weighted by atomic mass is 32.2.